The number of quaternary nitrogens is 1. The quantitative estimate of drug-likeness (QED) is 0.791. The number of benzene rings is 2. The van der Waals surface area contributed by atoms with Crippen LogP contribution in [0, 0.1) is 0 Å². The van der Waals surface area contributed by atoms with E-state index in [9.17, 15) is 4.79 Å². The van der Waals surface area contributed by atoms with E-state index in [4.69, 9.17) is 9.47 Å². The summed E-state index contributed by atoms with van der Waals surface area (Å²) in [5.41, 5.74) is 1.97. The van der Waals surface area contributed by atoms with E-state index in [-0.39, 0.29) is 11.9 Å². The largest absolute Gasteiger partial charge is 0.497 e. The first-order valence-electron chi connectivity index (χ1n) is 10.6. The van der Waals surface area contributed by atoms with E-state index in [1.165, 1.54) is 24.8 Å². The predicted octanol–water partition coefficient (Wildman–Crippen LogP) is 2.60. The molecule has 2 saturated heterocycles. The summed E-state index contributed by atoms with van der Waals surface area (Å²) in [6.45, 7) is 1.09. The molecule has 2 N–H and O–H groups in total. The van der Waals surface area contributed by atoms with Gasteiger partial charge in [-0.25, -0.2) is 0 Å². The SMILES string of the molecule is COc1ccc(C(=O)NC2C[C@H]3CCC[C@H](C2)[NH+]3Cc2ccccc2)c(OC)c1. The Hall–Kier alpha value is -2.53. The number of hydrogen-bond donors (Lipinski definition) is 2. The van der Waals surface area contributed by atoms with Crippen LogP contribution in [0.4, 0.5) is 0 Å². The van der Waals surface area contributed by atoms with E-state index in [0.29, 0.717) is 29.1 Å². The molecule has 4 rings (SSSR count). The molecule has 0 radical (unpaired) electrons. The van der Waals surface area contributed by atoms with Crippen molar-refractivity contribution in [2.45, 2.75) is 56.8 Å². The predicted molar refractivity (Wildman–Crippen MR) is 113 cm³/mol. The van der Waals surface area contributed by atoms with Crippen molar-refractivity contribution in [1.29, 1.82) is 0 Å². The molecule has 2 bridgehead atoms. The maximum absolute atomic E-state index is 12.9. The number of methoxy groups -OCH3 is 2. The molecule has 2 aromatic carbocycles. The minimum absolute atomic E-state index is 0.0564. The Morgan fingerprint density at radius 3 is 2.41 bits per heavy atom. The van der Waals surface area contributed by atoms with Crippen LogP contribution in [0.1, 0.15) is 48.0 Å². The molecule has 0 aliphatic carbocycles. The number of hydrogen-bond acceptors (Lipinski definition) is 3. The van der Waals surface area contributed by atoms with Crippen LogP contribution in [0.25, 0.3) is 0 Å². The monoisotopic (exact) mass is 395 g/mol. The third kappa shape index (κ3) is 4.40. The number of carbonyl (C=O) groups is 1. The van der Waals surface area contributed by atoms with Crippen LogP contribution in [-0.4, -0.2) is 38.3 Å². The van der Waals surface area contributed by atoms with Crippen molar-refractivity contribution in [3.05, 3.63) is 59.7 Å². The van der Waals surface area contributed by atoms with Crippen molar-refractivity contribution in [3.63, 3.8) is 0 Å². The van der Waals surface area contributed by atoms with E-state index >= 15 is 0 Å². The number of rotatable bonds is 6. The van der Waals surface area contributed by atoms with Crippen LogP contribution in [0.15, 0.2) is 48.5 Å². The highest BCUT2D eigenvalue weighted by Gasteiger charge is 2.42. The maximum Gasteiger partial charge on any atom is 0.255 e. The summed E-state index contributed by atoms with van der Waals surface area (Å²) < 4.78 is 10.6. The van der Waals surface area contributed by atoms with Crippen molar-refractivity contribution < 1.29 is 19.2 Å². The van der Waals surface area contributed by atoms with Gasteiger partial charge in [0.05, 0.1) is 31.9 Å². The molecule has 2 aliphatic rings. The van der Waals surface area contributed by atoms with Crippen molar-refractivity contribution in [2.24, 2.45) is 0 Å². The van der Waals surface area contributed by atoms with Crippen molar-refractivity contribution >= 4 is 5.91 Å². The summed E-state index contributed by atoms with van der Waals surface area (Å²) in [4.78, 5) is 14.6. The van der Waals surface area contributed by atoms with Crippen LogP contribution in [0.5, 0.6) is 11.5 Å². The fourth-order valence-electron chi connectivity index (χ4n) is 5.12. The zero-order valence-electron chi connectivity index (χ0n) is 17.3. The number of carbonyl (C=O) groups excluding carboxylic acids is 1. The highest BCUT2D eigenvalue weighted by Crippen LogP contribution is 2.26. The standard InChI is InChI=1S/C24H30N2O3/c1-28-21-11-12-22(23(15-21)29-2)24(27)25-18-13-19-9-6-10-20(14-18)26(19)16-17-7-4-3-5-8-17/h3-5,7-8,11-12,15,18-20H,6,9-10,13-14,16H2,1-2H3,(H,25,27)/p+1/t19-,20-/m1/s1. The molecule has 2 fully saturated rings. The van der Waals surface area contributed by atoms with Gasteiger partial charge >= 0.3 is 0 Å². The molecular formula is C24H31N2O3+. The van der Waals surface area contributed by atoms with Crippen molar-refractivity contribution in [3.8, 4) is 11.5 Å². The van der Waals surface area contributed by atoms with E-state index in [0.717, 1.165) is 19.4 Å². The topological polar surface area (TPSA) is 52.0 Å². The Kier molecular flexibility index (Phi) is 6.05. The van der Waals surface area contributed by atoms with E-state index in [2.05, 4.69) is 35.6 Å². The molecule has 5 nitrogen and oxygen atoms in total. The van der Waals surface area contributed by atoms with Crippen molar-refractivity contribution in [1.82, 2.24) is 5.32 Å². The van der Waals surface area contributed by atoms with E-state index in [1.807, 2.05) is 0 Å². The first-order valence-corrected chi connectivity index (χ1v) is 10.6. The molecular weight excluding hydrogens is 364 g/mol. The van der Waals surface area contributed by atoms with Gasteiger partial charge in [0, 0.05) is 30.5 Å². The van der Waals surface area contributed by atoms with Gasteiger partial charge in [0.2, 0.25) is 0 Å². The average Bonchev–Trinajstić information content (AvgIpc) is 2.74. The molecule has 1 amide bonds. The molecule has 2 heterocycles. The van der Waals surface area contributed by atoms with Crippen LogP contribution < -0.4 is 19.7 Å². The summed E-state index contributed by atoms with van der Waals surface area (Å²) >= 11 is 0. The average molecular weight is 396 g/mol. The minimum atomic E-state index is -0.0564. The molecule has 2 aromatic rings. The van der Waals surface area contributed by atoms with Gasteiger partial charge in [-0.3, -0.25) is 4.79 Å². The van der Waals surface area contributed by atoms with E-state index in [1.54, 1.807) is 37.3 Å². The number of ether oxygens (including phenoxy) is 2. The van der Waals surface area contributed by atoms with Crippen LogP contribution in [0.3, 0.4) is 0 Å². The lowest BCUT2D eigenvalue weighted by Gasteiger charge is -2.46. The Labute approximate surface area is 173 Å². The lowest BCUT2D eigenvalue weighted by Crippen LogP contribution is -3.20. The van der Waals surface area contributed by atoms with Gasteiger partial charge in [-0.1, -0.05) is 30.3 Å². The fourth-order valence-corrected chi connectivity index (χ4v) is 5.12. The Bertz CT molecular complexity index is 825. The van der Waals surface area contributed by atoms with Gasteiger partial charge in [0.15, 0.2) is 0 Å². The lowest BCUT2D eigenvalue weighted by atomic mass is 9.81. The smallest absolute Gasteiger partial charge is 0.255 e. The lowest BCUT2D eigenvalue weighted by molar-refractivity contribution is -0.973. The molecule has 2 aliphatic heterocycles. The molecule has 29 heavy (non-hydrogen) atoms. The summed E-state index contributed by atoms with van der Waals surface area (Å²) in [7, 11) is 3.19. The molecule has 0 spiro atoms. The van der Waals surface area contributed by atoms with Crippen LogP contribution in [0.2, 0.25) is 0 Å². The minimum Gasteiger partial charge on any atom is -0.497 e. The summed E-state index contributed by atoms with van der Waals surface area (Å²) in [6, 6.07) is 17.6. The number of piperidine rings is 2. The van der Waals surface area contributed by atoms with Crippen LogP contribution >= 0.6 is 0 Å². The van der Waals surface area contributed by atoms with Gasteiger partial charge in [0.25, 0.3) is 5.91 Å². The highest BCUT2D eigenvalue weighted by molar-refractivity contribution is 5.97. The Morgan fingerprint density at radius 2 is 1.76 bits per heavy atom. The normalized spacial score (nSPS) is 25.9. The van der Waals surface area contributed by atoms with Crippen LogP contribution in [-0.2, 0) is 6.54 Å². The van der Waals surface area contributed by atoms with Gasteiger partial charge in [0.1, 0.15) is 18.0 Å². The molecule has 154 valence electrons. The van der Waals surface area contributed by atoms with Gasteiger partial charge < -0.3 is 19.7 Å². The zero-order valence-corrected chi connectivity index (χ0v) is 17.3. The molecule has 0 unspecified atom stereocenters. The fraction of sp³-hybridized carbons (Fsp3) is 0.458. The van der Waals surface area contributed by atoms with Gasteiger partial charge in [-0.2, -0.15) is 0 Å². The van der Waals surface area contributed by atoms with Gasteiger partial charge in [-0.05, 0) is 31.4 Å². The first-order chi connectivity index (χ1) is 14.2. The molecule has 2 atom stereocenters. The number of nitrogens with one attached hydrogen (secondary N) is 2. The molecule has 0 aromatic heterocycles. The second-order valence-corrected chi connectivity index (χ2v) is 8.27. The third-order valence-corrected chi connectivity index (χ3v) is 6.53. The van der Waals surface area contributed by atoms with Gasteiger partial charge in [-0.15, -0.1) is 0 Å². The second kappa shape index (κ2) is 8.87. The third-order valence-electron chi connectivity index (χ3n) is 6.53. The molecule has 5 heteroatoms. The highest BCUT2D eigenvalue weighted by atomic mass is 16.5. The van der Waals surface area contributed by atoms with E-state index < -0.39 is 0 Å². The maximum atomic E-state index is 12.9. The first kappa shape index (κ1) is 19.8. The Morgan fingerprint density at radius 1 is 1.03 bits per heavy atom. The van der Waals surface area contributed by atoms with Crippen molar-refractivity contribution in [2.75, 3.05) is 14.2 Å². The number of amides is 1. The summed E-state index contributed by atoms with van der Waals surface area (Å²) in [6.07, 6.45) is 5.89. The number of fused-ring (bicyclic) bond motifs is 2. The second-order valence-electron chi connectivity index (χ2n) is 8.27. The summed E-state index contributed by atoms with van der Waals surface area (Å²) in [5.74, 6) is 1.18. The summed E-state index contributed by atoms with van der Waals surface area (Å²) in [5, 5.41) is 3.29. The molecule has 0 saturated carbocycles. The Balaban J connectivity index is 1.43. The zero-order chi connectivity index (χ0) is 20.2.